The average Bonchev–Trinajstić information content (AvgIpc) is 2.37. The molecule has 5 heteroatoms. The Morgan fingerprint density at radius 1 is 1.53 bits per heavy atom. The number of rotatable bonds is 2. The van der Waals surface area contributed by atoms with E-state index in [4.69, 9.17) is 10.1 Å². The Kier molecular flexibility index (Phi) is 3.14. The van der Waals surface area contributed by atoms with Crippen LogP contribution in [0.15, 0.2) is 23.9 Å². The molecule has 1 heterocycles. The summed E-state index contributed by atoms with van der Waals surface area (Å²) in [6.07, 6.45) is 1.61. The van der Waals surface area contributed by atoms with Gasteiger partial charge in [0.2, 0.25) is 0 Å². The zero-order valence-corrected chi connectivity index (χ0v) is 11.2. The van der Waals surface area contributed by atoms with Gasteiger partial charge in [-0.2, -0.15) is 0 Å². The molecule has 1 aliphatic carbocycles. The minimum Gasteiger partial charge on any atom is -0.506 e. The van der Waals surface area contributed by atoms with E-state index >= 15 is 0 Å². The highest BCUT2D eigenvalue weighted by Crippen LogP contribution is 2.38. The van der Waals surface area contributed by atoms with Crippen LogP contribution in [-0.4, -0.2) is 28.4 Å². The predicted octanol–water partition coefficient (Wildman–Crippen LogP) is 2.22. The maximum atomic E-state index is 11.9. The van der Waals surface area contributed by atoms with Gasteiger partial charge in [-0.1, -0.05) is 0 Å². The van der Waals surface area contributed by atoms with Crippen LogP contribution in [0.2, 0.25) is 0 Å². The largest absolute Gasteiger partial charge is 0.506 e. The number of fused-ring (bicyclic) bond motifs is 1. The first-order valence-corrected chi connectivity index (χ1v) is 6.06. The zero-order chi connectivity index (χ0) is 14.2. The summed E-state index contributed by atoms with van der Waals surface area (Å²) in [7, 11) is 0. The van der Waals surface area contributed by atoms with Crippen molar-refractivity contribution in [1.82, 2.24) is 4.98 Å². The van der Waals surface area contributed by atoms with Crippen LogP contribution in [0.5, 0.6) is 0 Å². The summed E-state index contributed by atoms with van der Waals surface area (Å²) in [5.74, 6) is -0.904. The number of pyridine rings is 1. The number of aliphatic hydroxyl groups is 1. The molecule has 5 nitrogen and oxygen atoms in total. The SMILES string of the molecule is CCOC(=O)C1=C(O)c2cccnc2C(C)(C)C1=N. The summed E-state index contributed by atoms with van der Waals surface area (Å²) in [6, 6.07) is 3.37. The number of carbonyl (C=O) groups is 1. The summed E-state index contributed by atoms with van der Waals surface area (Å²) in [5.41, 5.74) is 0.268. The molecule has 0 aliphatic heterocycles. The zero-order valence-electron chi connectivity index (χ0n) is 11.2. The number of hydrogen-bond acceptors (Lipinski definition) is 5. The van der Waals surface area contributed by atoms with Gasteiger partial charge in [-0.15, -0.1) is 0 Å². The fourth-order valence-electron chi connectivity index (χ4n) is 2.18. The quantitative estimate of drug-likeness (QED) is 0.799. The molecule has 0 amide bonds. The van der Waals surface area contributed by atoms with Crippen molar-refractivity contribution in [3.05, 3.63) is 35.2 Å². The van der Waals surface area contributed by atoms with E-state index in [1.165, 1.54) is 0 Å². The highest BCUT2D eigenvalue weighted by Gasteiger charge is 2.42. The van der Waals surface area contributed by atoms with Gasteiger partial charge in [0, 0.05) is 11.8 Å². The van der Waals surface area contributed by atoms with Crippen molar-refractivity contribution in [3.8, 4) is 0 Å². The molecule has 0 saturated carbocycles. The van der Waals surface area contributed by atoms with Gasteiger partial charge in [0.1, 0.15) is 11.3 Å². The van der Waals surface area contributed by atoms with E-state index in [2.05, 4.69) is 4.98 Å². The van der Waals surface area contributed by atoms with Crippen molar-refractivity contribution in [1.29, 1.82) is 5.41 Å². The molecule has 100 valence electrons. The summed E-state index contributed by atoms with van der Waals surface area (Å²) < 4.78 is 4.91. The molecule has 0 bridgehead atoms. The molecule has 0 aromatic carbocycles. The number of nitrogens with zero attached hydrogens (tertiary/aromatic N) is 1. The van der Waals surface area contributed by atoms with Gasteiger partial charge in [0.15, 0.2) is 0 Å². The second-order valence-corrected chi connectivity index (χ2v) is 4.84. The van der Waals surface area contributed by atoms with E-state index in [0.717, 1.165) is 0 Å². The van der Waals surface area contributed by atoms with Crippen molar-refractivity contribution >= 4 is 17.4 Å². The Labute approximate surface area is 111 Å². The first kappa shape index (κ1) is 13.3. The maximum Gasteiger partial charge on any atom is 0.343 e. The molecule has 0 fully saturated rings. The third kappa shape index (κ3) is 1.91. The number of nitrogens with one attached hydrogen (secondary N) is 1. The van der Waals surface area contributed by atoms with E-state index in [1.54, 1.807) is 39.1 Å². The molecule has 2 rings (SSSR count). The Hall–Kier alpha value is -2.17. The fourth-order valence-corrected chi connectivity index (χ4v) is 2.18. The lowest BCUT2D eigenvalue weighted by Crippen LogP contribution is -2.38. The van der Waals surface area contributed by atoms with Gasteiger partial charge < -0.3 is 15.3 Å². The molecule has 0 atom stereocenters. The number of aliphatic hydroxyl groups excluding tert-OH is 1. The average molecular weight is 260 g/mol. The van der Waals surface area contributed by atoms with E-state index < -0.39 is 11.4 Å². The number of carbonyl (C=O) groups excluding carboxylic acids is 1. The minimum absolute atomic E-state index is 0.0228. The number of aromatic nitrogens is 1. The highest BCUT2D eigenvalue weighted by atomic mass is 16.5. The van der Waals surface area contributed by atoms with Gasteiger partial charge in [-0.05, 0) is 32.9 Å². The number of ether oxygens (including phenoxy) is 1. The van der Waals surface area contributed by atoms with Gasteiger partial charge in [-0.3, -0.25) is 4.98 Å². The molecule has 1 aliphatic rings. The van der Waals surface area contributed by atoms with Gasteiger partial charge in [0.25, 0.3) is 0 Å². The van der Waals surface area contributed by atoms with Crippen LogP contribution in [-0.2, 0) is 14.9 Å². The van der Waals surface area contributed by atoms with E-state index in [9.17, 15) is 9.90 Å². The molecule has 0 unspecified atom stereocenters. The minimum atomic E-state index is -0.745. The van der Waals surface area contributed by atoms with Crippen LogP contribution >= 0.6 is 0 Å². The molecule has 0 saturated heterocycles. The van der Waals surface area contributed by atoms with E-state index in [-0.39, 0.29) is 23.7 Å². The number of hydrogen-bond donors (Lipinski definition) is 2. The Morgan fingerprint density at radius 3 is 2.84 bits per heavy atom. The van der Waals surface area contributed by atoms with Crippen LogP contribution in [0.3, 0.4) is 0 Å². The van der Waals surface area contributed by atoms with Crippen molar-refractivity contribution in [2.45, 2.75) is 26.2 Å². The highest BCUT2D eigenvalue weighted by molar-refractivity contribution is 6.27. The monoisotopic (exact) mass is 260 g/mol. The molecule has 0 radical (unpaired) electrons. The normalized spacial score (nSPS) is 17.1. The molecular weight excluding hydrogens is 244 g/mol. The number of esters is 1. The van der Waals surface area contributed by atoms with Crippen LogP contribution in [0, 0.1) is 5.41 Å². The second kappa shape index (κ2) is 4.50. The lowest BCUT2D eigenvalue weighted by Gasteiger charge is -2.32. The molecule has 1 aromatic rings. The molecular formula is C14H16N2O3. The lowest BCUT2D eigenvalue weighted by atomic mass is 9.73. The van der Waals surface area contributed by atoms with Gasteiger partial charge in [-0.25, -0.2) is 4.79 Å². The van der Waals surface area contributed by atoms with Crippen molar-refractivity contribution in [2.75, 3.05) is 6.61 Å². The molecule has 1 aromatic heterocycles. The Morgan fingerprint density at radius 2 is 2.21 bits per heavy atom. The molecule has 19 heavy (non-hydrogen) atoms. The summed E-state index contributed by atoms with van der Waals surface area (Å²) in [6.45, 7) is 5.48. The van der Waals surface area contributed by atoms with Gasteiger partial charge in [0.05, 0.1) is 23.4 Å². The van der Waals surface area contributed by atoms with Crippen LogP contribution in [0.4, 0.5) is 0 Å². The van der Waals surface area contributed by atoms with Crippen molar-refractivity contribution in [3.63, 3.8) is 0 Å². The third-order valence-electron chi connectivity index (χ3n) is 3.25. The first-order chi connectivity index (χ1) is 8.91. The lowest BCUT2D eigenvalue weighted by molar-refractivity contribution is -0.137. The first-order valence-electron chi connectivity index (χ1n) is 6.06. The summed E-state index contributed by atoms with van der Waals surface area (Å²) in [4.78, 5) is 16.1. The van der Waals surface area contributed by atoms with Crippen LogP contribution < -0.4 is 0 Å². The second-order valence-electron chi connectivity index (χ2n) is 4.84. The Balaban J connectivity index is 2.67. The van der Waals surface area contributed by atoms with Gasteiger partial charge >= 0.3 is 5.97 Å². The fraction of sp³-hybridized carbons (Fsp3) is 0.357. The van der Waals surface area contributed by atoms with Crippen LogP contribution in [0.1, 0.15) is 32.0 Å². The third-order valence-corrected chi connectivity index (χ3v) is 3.25. The Bertz CT molecular complexity index is 588. The summed E-state index contributed by atoms with van der Waals surface area (Å²) in [5, 5.41) is 18.4. The standard InChI is InChI=1S/C14H16N2O3/c1-4-19-13(18)9-10(17)8-6-5-7-16-12(8)14(2,3)11(9)15/h5-7,15,17H,4H2,1-3H3. The van der Waals surface area contributed by atoms with E-state index in [1.807, 2.05) is 0 Å². The maximum absolute atomic E-state index is 11.9. The smallest absolute Gasteiger partial charge is 0.343 e. The van der Waals surface area contributed by atoms with Crippen molar-refractivity contribution in [2.24, 2.45) is 0 Å². The topological polar surface area (TPSA) is 83.3 Å². The van der Waals surface area contributed by atoms with Crippen molar-refractivity contribution < 1.29 is 14.6 Å². The summed E-state index contributed by atoms with van der Waals surface area (Å²) >= 11 is 0. The molecule has 0 spiro atoms. The van der Waals surface area contributed by atoms with Crippen LogP contribution in [0.25, 0.3) is 5.76 Å². The molecule has 2 N–H and O–H groups in total. The predicted molar refractivity (Wildman–Crippen MR) is 71.2 cm³/mol. The van der Waals surface area contributed by atoms with E-state index in [0.29, 0.717) is 11.3 Å².